The first-order valence-electron chi connectivity index (χ1n) is 5.84. The molecule has 0 unspecified atom stereocenters. The zero-order chi connectivity index (χ0) is 12.9. The van der Waals surface area contributed by atoms with Crippen LogP contribution in [0.15, 0.2) is 16.9 Å². The Bertz CT molecular complexity index is 405. The first-order chi connectivity index (χ1) is 8.10. The van der Waals surface area contributed by atoms with Crippen molar-refractivity contribution in [2.75, 3.05) is 12.9 Å². The van der Waals surface area contributed by atoms with Crippen molar-refractivity contribution in [2.24, 2.45) is 5.41 Å². The molecule has 0 aliphatic carbocycles. The smallest absolute Gasteiger partial charge is 0.266 e. The van der Waals surface area contributed by atoms with Crippen LogP contribution in [-0.4, -0.2) is 22.6 Å². The molecular formula is C12H20N2O2S. The summed E-state index contributed by atoms with van der Waals surface area (Å²) in [4.78, 5) is 11.7. The van der Waals surface area contributed by atoms with E-state index in [1.807, 2.05) is 0 Å². The molecule has 0 spiro atoms. The summed E-state index contributed by atoms with van der Waals surface area (Å²) >= 11 is 4.40. The van der Waals surface area contributed by atoms with Crippen molar-refractivity contribution in [3.05, 3.63) is 22.5 Å². The molecule has 1 rings (SSSR count). The van der Waals surface area contributed by atoms with Crippen LogP contribution in [0.3, 0.4) is 0 Å². The van der Waals surface area contributed by atoms with Crippen molar-refractivity contribution < 1.29 is 4.74 Å². The molecule has 4 nitrogen and oxygen atoms in total. The average molecular weight is 256 g/mol. The summed E-state index contributed by atoms with van der Waals surface area (Å²) in [6, 6.07) is 3.07. The van der Waals surface area contributed by atoms with Crippen molar-refractivity contribution in [2.45, 2.75) is 33.2 Å². The molecule has 17 heavy (non-hydrogen) atoms. The summed E-state index contributed by atoms with van der Waals surface area (Å²) < 4.78 is 6.51. The summed E-state index contributed by atoms with van der Waals surface area (Å²) in [7, 11) is 1.54. The molecule has 1 aromatic rings. The van der Waals surface area contributed by atoms with Crippen LogP contribution in [0.4, 0.5) is 0 Å². The number of ether oxygens (including phenoxy) is 1. The van der Waals surface area contributed by atoms with Gasteiger partial charge in [-0.05, 0) is 24.0 Å². The molecule has 0 fully saturated rings. The minimum Gasteiger partial charge on any atom is -0.480 e. The number of nitrogens with zero attached hydrogens (tertiary/aromatic N) is 2. The topological polar surface area (TPSA) is 44.1 Å². The average Bonchev–Trinajstić information content (AvgIpc) is 2.38. The quantitative estimate of drug-likeness (QED) is 0.792. The van der Waals surface area contributed by atoms with Crippen LogP contribution in [0.1, 0.15) is 26.7 Å². The molecule has 96 valence electrons. The van der Waals surface area contributed by atoms with E-state index in [4.69, 9.17) is 4.74 Å². The molecule has 0 saturated carbocycles. The largest absolute Gasteiger partial charge is 0.480 e. The van der Waals surface area contributed by atoms with Crippen molar-refractivity contribution in [3.63, 3.8) is 0 Å². The predicted octanol–water partition coefficient (Wildman–Crippen LogP) is 1.99. The molecule has 1 heterocycles. The zero-order valence-corrected chi connectivity index (χ0v) is 11.5. The highest BCUT2D eigenvalue weighted by Gasteiger charge is 2.26. The lowest BCUT2D eigenvalue weighted by molar-refractivity contribution is 0.235. The first-order valence-corrected chi connectivity index (χ1v) is 6.47. The molecular weight excluding hydrogens is 236 g/mol. The Balaban J connectivity index is 3.04. The number of methoxy groups -OCH3 is 1. The fourth-order valence-electron chi connectivity index (χ4n) is 1.72. The lowest BCUT2D eigenvalue weighted by Gasteiger charge is -2.29. The van der Waals surface area contributed by atoms with Crippen molar-refractivity contribution in [1.29, 1.82) is 0 Å². The van der Waals surface area contributed by atoms with Crippen LogP contribution in [0, 0.1) is 5.41 Å². The SMILES string of the molecule is CCC(CC)(CS)Cn1nc(OC)ccc1=O. The van der Waals surface area contributed by atoms with Crippen molar-refractivity contribution in [3.8, 4) is 5.88 Å². The molecule has 5 heteroatoms. The Morgan fingerprint density at radius 1 is 1.41 bits per heavy atom. The zero-order valence-electron chi connectivity index (χ0n) is 10.6. The van der Waals surface area contributed by atoms with Crippen LogP contribution in [-0.2, 0) is 6.54 Å². The van der Waals surface area contributed by atoms with Crippen LogP contribution in [0.5, 0.6) is 5.88 Å². The van der Waals surface area contributed by atoms with Gasteiger partial charge in [0.1, 0.15) is 0 Å². The van der Waals surface area contributed by atoms with Gasteiger partial charge in [0.15, 0.2) is 0 Å². The molecule has 0 amide bonds. The lowest BCUT2D eigenvalue weighted by atomic mass is 9.84. The van der Waals surface area contributed by atoms with Crippen LogP contribution >= 0.6 is 12.6 Å². The molecule has 0 radical (unpaired) electrons. The molecule has 0 aliphatic rings. The minimum absolute atomic E-state index is 0.0201. The van der Waals surface area contributed by atoms with Gasteiger partial charge in [0.05, 0.1) is 13.7 Å². The fraction of sp³-hybridized carbons (Fsp3) is 0.667. The number of thiol groups is 1. The Morgan fingerprint density at radius 2 is 2.06 bits per heavy atom. The lowest BCUT2D eigenvalue weighted by Crippen LogP contribution is -2.34. The van der Waals surface area contributed by atoms with E-state index in [1.165, 1.54) is 10.7 Å². The number of rotatable bonds is 6. The normalized spacial score (nSPS) is 11.5. The van der Waals surface area contributed by atoms with Crippen LogP contribution in [0.25, 0.3) is 0 Å². The predicted molar refractivity (Wildman–Crippen MR) is 71.9 cm³/mol. The Kier molecular flexibility index (Phi) is 5.05. The first kappa shape index (κ1) is 14.1. The van der Waals surface area contributed by atoms with Crippen LogP contribution < -0.4 is 10.3 Å². The standard InChI is InChI=1S/C12H20N2O2S/c1-4-12(5-2,9-17)8-14-11(15)7-6-10(13-14)16-3/h6-7,17H,4-5,8-9H2,1-3H3. The summed E-state index contributed by atoms with van der Waals surface area (Å²) in [5.74, 6) is 1.20. The molecule has 1 aromatic heterocycles. The Hall–Kier alpha value is -0.970. The highest BCUT2D eigenvalue weighted by atomic mass is 32.1. The second-order valence-electron chi connectivity index (χ2n) is 4.24. The van der Waals surface area contributed by atoms with E-state index in [-0.39, 0.29) is 11.0 Å². The minimum atomic E-state index is -0.0983. The van der Waals surface area contributed by atoms with E-state index in [9.17, 15) is 4.79 Å². The van der Waals surface area contributed by atoms with E-state index in [0.29, 0.717) is 12.4 Å². The Labute approximate surface area is 107 Å². The summed E-state index contributed by atoms with van der Waals surface area (Å²) in [5.41, 5.74) is -0.0781. The number of aromatic nitrogens is 2. The number of hydrogen-bond donors (Lipinski definition) is 1. The Morgan fingerprint density at radius 3 is 2.53 bits per heavy atom. The third-order valence-electron chi connectivity index (χ3n) is 3.37. The molecule has 0 aromatic carbocycles. The van der Waals surface area contributed by atoms with E-state index in [2.05, 4.69) is 31.6 Å². The molecule has 0 saturated heterocycles. The van der Waals surface area contributed by atoms with E-state index in [1.54, 1.807) is 13.2 Å². The highest BCUT2D eigenvalue weighted by molar-refractivity contribution is 7.80. The number of hydrogen-bond acceptors (Lipinski definition) is 4. The van der Waals surface area contributed by atoms with Gasteiger partial charge in [0, 0.05) is 12.1 Å². The summed E-state index contributed by atoms with van der Waals surface area (Å²) in [6.45, 7) is 4.81. The second kappa shape index (κ2) is 6.10. The van der Waals surface area contributed by atoms with Gasteiger partial charge in [-0.15, -0.1) is 5.10 Å². The van der Waals surface area contributed by atoms with Gasteiger partial charge in [-0.3, -0.25) is 4.79 Å². The molecule has 0 bridgehead atoms. The van der Waals surface area contributed by atoms with Gasteiger partial charge in [0.2, 0.25) is 5.88 Å². The summed E-state index contributed by atoms with van der Waals surface area (Å²) in [5, 5.41) is 4.17. The van der Waals surface area contributed by atoms with Gasteiger partial charge in [0.25, 0.3) is 5.56 Å². The third-order valence-corrected chi connectivity index (χ3v) is 4.04. The maximum Gasteiger partial charge on any atom is 0.266 e. The third kappa shape index (κ3) is 3.25. The van der Waals surface area contributed by atoms with E-state index < -0.39 is 0 Å². The van der Waals surface area contributed by atoms with E-state index >= 15 is 0 Å². The van der Waals surface area contributed by atoms with Crippen molar-refractivity contribution >= 4 is 12.6 Å². The molecule has 0 aliphatic heterocycles. The molecule has 0 atom stereocenters. The molecule has 0 N–H and O–H groups in total. The van der Waals surface area contributed by atoms with Gasteiger partial charge in [-0.25, -0.2) is 4.68 Å². The van der Waals surface area contributed by atoms with Gasteiger partial charge in [-0.1, -0.05) is 13.8 Å². The van der Waals surface area contributed by atoms with Gasteiger partial charge < -0.3 is 4.74 Å². The highest BCUT2D eigenvalue weighted by Crippen LogP contribution is 2.29. The maximum absolute atomic E-state index is 11.7. The fourth-order valence-corrected chi connectivity index (χ4v) is 2.26. The van der Waals surface area contributed by atoms with E-state index in [0.717, 1.165) is 18.6 Å². The monoisotopic (exact) mass is 256 g/mol. The summed E-state index contributed by atoms with van der Waals surface area (Å²) in [6.07, 6.45) is 1.94. The maximum atomic E-state index is 11.7. The second-order valence-corrected chi connectivity index (χ2v) is 4.55. The van der Waals surface area contributed by atoms with Crippen molar-refractivity contribution in [1.82, 2.24) is 9.78 Å². The van der Waals surface area contributed by atoms with Gasteiger partial charge in [-0.2, -0.15) is 12.6 Å². The van der Waals surface area contributed by atoms with Gasteiger partial charge >= 0.3 is 0 Å². The van der Waals surface area contributed by atoms with Crippen LogP contribution in [0.2, 0.25) is 0 Å².